The molecular weight excluding hydrogens is 270 g/mol. The van der Waals surface area contributed by atoms with Crippen LogP contribution < -0.4 is 5.73 Å². The number of nitrogens with two attached hydrogens (primary N) is 1. The second kappa shape index (κ2) is 4.84. The van der Waals surface area contributed by atoms with E-state index in [0.29, 0.717) is 13.2 Å². The van der Waals surface area contributed by atoms with Gasteiger partial charge in [-0.3, -0.25) is 0 Å². The summed E-state index contributed by atoms with van der Waals surface area (Å²) in [5, 5.41) is 0. The number of benzene rings is 1. The third-order valence-electron chi connectivity index (χ3n) is 2.77. The van der Waals surface area contributed by atoms with E-state index < -0.39 is 5.79 Å². The Bertz CT molecular complexity index is 355. The van der Waals surface area contributed by atoms with Crippen molar-refractivity contribution in [3.8, 4) is 0 Å². The van der Waals surface area contributed by atoms with Gasteiger partial charge in [-0.05, 0) is 31.2 Å². The molecule has 0 aliphatic carbocycles. The van der Waals surface area contributed by atoms with E-state index in [-0.39, 0.29) is 6.10 Å². The first-order valence-electron chi connectivity index (χ1n) is 5.40. The van der Waals surface area contributed by atoms with Crippen LogP contribution in [0.2, 0.25) is 0 Å². The minimum atomic E-state index is -0.521. The molecule has 1 aromatic carbocycles. The maximum Gasteiger partial charge on any atom is 0.167 e. The van der Waals surface area contributed by atoms with Gasteiger partial charge in [0.2, 0.25) is 0 Å². The summed E-state index contributed by atoms with van der Waals surface area (Å²) in [7, 11) is 0. The van der Waals surface area contributed by atoms with Crippen LogP contribution in [0.5, 0.6) is 0 Å². The second-order valence-corrected chi connectivity index (χ2v) is 5.06. The topological polar surface area (TPSA) is 44.5 Å². The summed E-state index contributed by atoms with van der Waals surface area (Å²) in [4.78, 5) is 0. The van der Waals surface area contributed by atoms with Crippen molar-refractivity contribution < 1.29 is 9.47 Å². The predicted molar refractivity (Wildman–Crippen MR) is 66.0 cm³/mol. The number of halogens is 1. The molecule has 1 aliphatic rings. The quantitative estimate of drug-likeness (QED) is 0.929. The first kappa shape index (κ1) is 12.0. The fraction of sp³-hybridized carbons (Fsp3) is 0.500. The third kappa shape index (κ3) is 2.63. The molecule has 1 heterocycles. The predicted octanol–water partition coefficient (Wildman–Crippen LogP) is 2.60. The molecule has 1 saturated heterocycles. The van der Waals surface area contributed by atoms with Crippen molar-refractivity contribution in [2.75, 3.05) is 13.2 Å². The smallest absolute Gasteiger partial charge is 0.167 e. The molecule has 2 atom stereocenters. The van der Waals surface area contributed by atoms with Crippen molar-refractivity contribution in [3.05, 3.63) is 34.3 Å². The highest BCUT2D eigenvalue weighted by Crippen LogP contribution is 2.35. The molecular formula is C12H16BrNO2. The summed E-state index contributed by atoms with van der Waals surface area (Å²) >= 11 is 3.41. The van der Waals surface area contributed by atoms with E-state index in [4.69, 9.17) is 15.2 Å². The van der Waals surface area contributed by atoms with Crippen LogP contribution in [0.25, 0.3) is 0 Å². The van der Waals surface area contributed by atoms with E-state index in [1.807, 2.05) is 31.2 Å². The Morgan fingerprint density at radius 2 is 2.12 bits per heavy atom. The van der Waals surface area contributed by atoms with Gasteiger partial charge in [0.15, 0.2) is 5.79 Å². The molecule has 0 spiro atoms. The van der Waals surface area contributed by atoms with E-state index in [0.717, 1.165) is 16.5 Å². The SMILES string of the molecule is CC1(CCN)OCC(c2ccc(Br)cc2)O1. The van der Waals surface area contributed by atoms with Crippen LogP contribution in [-0.4, -0.2) is 18.9 Å². The van der Waals surface area contributed by atoms with Crippen LogP contribution in [0.4, 0.5) is 0 Å². The number of rotatable bonds is 3. The normalized spacial score (nSPS) is 29.6. The van der Waals surface area contributed by atoms with Gasteiger partial charge in [-0.25, -0.2) is 0 Å². The average molecular weight is 286 g/mol. The Morgan fingerprint density at radius 1 is 1.44 bits per heavy atom. The second-order valence-electron chi connectivity index (χ2n) is 4.14. The summed E-state index contributed by atoms with van der Waals surface area (Å²) in [6, 6.07) is 8.12. The van der Waals surface area contributed by atoms with Crippen molar-refractivity contribution in [1.82, 2.24) is 0 Å². The monoisotopic (exact) mass is 285 g/mol. The van der Waals surface area contributed by atoms with Gasteiger partial charge in [0, 0.05) is 10.9 Å². The van der Waals surface area contributed by atoms with Crippen molar-refractivity contribution in [3.63, 3.8) is 0 Å². The van der Waals surface area contributed by atoms with Gasteiger partial charge in [-0.2, -0.15) is 0 Å². The Balaban J connectivity index is 2.06. The van der Waals surface area contributed by atoms with Gasteiger partial charge >= 0.3 is 0 Å². The van der Waals surface area contributed by atoms with Crippen LogP contribution >= 0.6 is 15.9 Å². The lowest BCUT2D eigenvalue weighted by Crippen LogP contribution is -2.28. The van der Waals surface area contributed by atoms with Crippen LogP contribution in [0.3, 0.4) is 0 Å². The molecule has 2 N–H and O–H groups in total. The minimum absolute atomic E-state index is 0.0182. The fourth-order valence-corrected chi connectivity index (χ4v) is 2.12. The molecule has 0 saturated carbocycles. The van der Waals surface area contributed by atoms with Crippen molar-refractivity contribution >= 4 is 15.9 Å². The molecule has 1 fully saturated rings. The lowest BCUT2D eigenvalue weighted by molar-refractivity contribution is -0.157. The fourth-order valence-electron chi connectivity index (χ4n) is 1.86. The van der Waals surface area contributed by atoms with Crippen LogP contribution in [0.15, 0.2) is 28.7 Å². The standard InChI is InChI=1S/C12H16BrNO2/c1-12(6-7-14)15-8-11(16-12)9-2-4-10(13)5-3-9/h2-5,11H,6-8,14H2,1H3. The average Bonchev–Trinajstić information content (AvgIpc) is 2.62. The lowest BCUT2D eigenvalue weighted by atomic mass is 10.1. The van der Waals surface area contributed by atoms with Gasteiger partial charge in [0.1, 0.15) is 6.10 Å². The van der Waals surface area contributed by atoms with E-state index >= 15 is 0 Å². The van der Waals surface area contributed by atoms with E-state index in [9.17, 15) is 0 Å². The maximum absolute atomic E-state index is 5.90. The maximum atomic E-state index is 5.90. The van der Waals surface area contributed by atoms with Crippen molar-refractivity contribution in [2.45, 2.75) is 25.2 Å². The highest BCUT2D eigenvalue weighted by atomic mass is 79.9. The summed E-state index contributed by atoms with van der Waals surface area (Å²) in [6.45, 7) is 3.11. The molecule has 16 heavy (non-hydrogen) atoms. The Morgan fingerprint density at radius 3 is 2.75 bits per heavy atom. The molecule has 0 aromatic heterocycles. The van der Waals surface area contributed by atoms with Crippen LogP contribution in [0.1, 0.15) is 25.0 Å². The summed E-state index contributed by atoms with van der Waals surface area (Å²) in [6.07, 6.45) is 0.740. The highest BCUT2D eigenvalue weighted by molar-refractivity contribution is 9.10. The van der Waals surface area contributed by atoms with Gasteiger partial charge in [0.25, 0.3) is 0 Å². The van der Waals surface area contributed by atoms with E-state index in [1.54, 1.807) is 0 Å². The highest BCUT2D eigenvalue weighted by Gasteiger charge is 2.36. The zero-order valence-electron chi connectivity index (χ0n) is 9.28. The molecule has 2 rings (SSSR count). The molecule has 2 unspecified atom stereocenters. The zero-order chi connectivity index (χ0) is 11.6. The van der Waals surface area contributed by atoms with E-state index in [2.05, 4.69) is 15.9 Å². The third-order valence-corrected chi connectivity index (χ3v) is 3.30. The first-order valence-corrected chi connectivity index (χ1v) is 6.19. The van der Waals surface area contributed by atoms with Crippen LogP contribution in [-0.2, 0) is 9.47 Å². The molecule has 4 heteroatoms. The molecule has 1 aromatic rings. The Labute approximate surface area is 104 Å². The minimum Gasteiger partial charge on any atom is -0.347 e. The number of hydrogen-bond acceptors (Lipinski definition) is 3. The molecule has 88 valence electrons. The molecule has 0 amide bonds. The zero-order valence-corrected chi connectivity index (χ0v) is 10.9. The van der Waals surface area contributed by atoms with Gasteiger partial charge in [-0.1, -0.05) is 28.1 Å². The molecule has 3 nitrogen and oxygen atoms in total. The lowest BCUT2D eigenvalue weighted by Gasteiger charge is -2.22. The molecule has 1 aliphatic heterocycles. The molecule has 0 bridgehead atoms. The van der Waals surface area contributed by atoms with Gasteiger partial charge < -0.3 is 15.2 Å². The summed E-state index contributed by atoms with van der Waals surface area (Å²) in [5.74, 6) is -0.521. The van der Waals surface area contributed by atoms with E-state index in [1.165, 1.54) is 0 Å². The number of ether oxygens (including phenoxy) is 2. The Kier molecular flexibility index (Phi) is 3.64. The van der Waals surface area contributed by atoms with Crippen LogP contribution in [0, 0.1) is 0 Å². The van der Waals surface area contributed by atoms with Gasteiger partial charge in [-0.15, -0.1) is 0 Å². The Hall–Kier alpha value is -0.420. The largest absolute Gasteiger partial charge is 0.347 e. The first-order chi connectivity index (χ1) is 7.63. The molecule has 0 radical (unpaired) electrons. The van der Waals surface area contributed by atoms with Gasteiger partial charge in [0.05, 0.1) is 6.61 Å². The summed E-state index contributed by atoms with van der Waals surface area (Å²) in [5.41, 5.74) is 6.67. The number of hydrogen-bond donors (Lipinski definition) is 1. The summed E-state index contributed by atoms with van der Waals surface area (Å²) < 4.78 is 12.6. The van der Waals surface area contributed by atoms with Crippen molar-refractivity contribution in [2.24, 2.45) is 5.73 Å². The van der Waals surface area contributed by atoms with Crippen molar-refractivity contribution in [1.29, 1.82) is 0 Å².